The van der Waals surface area contributed by atoms with E-state index < -0.39 is 5.97 Å². The quantitative estimate of drug-likeness (QED) is 0.845. The Labute approximate surface area is 104 Å². The van der Waals surface area contributed by atoms with E-state index in [0.29, 0.717) is 10.8 Å². The molecule has 0 aromatic heterocycles. The standard InChI is InChI=1S/C11H13ClO3S/c1-6-4-8(15-3)11(7(2)10(6)12)16-5-9(13)14/h4H,5H2,1-3H3,(H,13,14). The first-order chi connectivity index (χ1) is 7.47. The molecule has 0 saturated heterocycles. The summed E-state index contributed by atoms with van der Waals surface area (Å²) in [5.41, 5.74) is 1.79. The van der Waals surface area contributed by atoms with Crippen LogP contribution in [0.1, 0.15) is 11.1 Å². The van der Waals surface area contributed by atoms with Gasteiger partial charge in [0.05, 0.1) is 17.8 Å². The van der Waals surface area contributed by atoms with Crippen LogP contribution in [0.3, 0.4) is 0 Å². The molecule has 0 aliphatic rings. The Morgan fingerprint density at radius 3 is 2.69 bits per heavy atom. The van der Waals surface area contributed by atoms with E-state index in [1.54, 1.807) is 7.11 Å². The third-order valence-electron chi connectivity index (χ3n) is 2.15. The predicted octanol–water partition coefficient (Wildman–Crippen LogP) is 3.14. The molecule has 1 aromatic carbocycles. The number of thioether (sulfide) groups is 1. The van der Waals surface area contributed by atoms with Gasteiger partial charge in [-0.1, -0.05) is 11.6 Å². The zero-order valence-corrected chi connectivity index (χ0v) is 10.9. The molecule has 0 radical (unpaired) electrons. The second kappa shape index (κ2) is 5.46. The van der Waals surface area contributed by atoms with E-state index >= 15 is 0 Å². The van der Waals surface area contributed by atoms with E-state index in [-0.39, 0.29) is 5.75 Å². The minimum absolute atomic E-state index is 0.00338. The highest BCUT2D eigenvalue weighted by atomic mass is 35.5. The molecule has 0 aliphatic carbocycles. The number of carbonyl (C=O) groups is 1. The van der Waals surface area contributed by atoms with Gasteiger partial charge in [0, 0.05) is 5.02 Å². The van der Waals surface area contributed by atoms with Crippen LogP contribution in [0.4, 0.5) is 0 Å². The lowest BCUT2D eigenvalue weighted by atomic mass is 10.1. The Balaban J connectivity index is 3.14. The summed E-state index contributed by atoms with van der Waals surface area (Å²) in [6.07, 6.45) is 0. The molecule has 16 heavy (non-hydrogen) atoms. The van der Waals surface area contributed by atoms with Gasteiger partial charge in [-0.2, -0.15) is 0 Å². The Hall–Kier alpha value is -0.870. The zero-order chi connectivity index (χ0) is 12.3. The first-order valence-electron chi connectivity index (χ1n) is 4.65. The number of halogens is 1. The van der Waals surface area contributed by atoms with Crippen LogP contribution in [0.2, 0.25) is 5.02 Å². The van der Waals surface area contributed by atoms with Gasteiger partial charge in [-0.15, -0.1) is 11.8 Å². The van der Waals surface area contributed by atoms with Crippen molar-refractivity contribution in [3.8, 4) is 5.75 Å². The van der Waals surface area contributed by atoms with Gasteiger partial charge in [0.15, 0.2) is 0 Å². The van der Waals surface area contributed by atoms with Gasteiger partial charge < -0.3 is 9.84 Å². The fourth-order valence-corrected chi connectivity index (χ4v) is 2.45. The average Bonchev–Trinajstić information content (AvgIpc) is 2.23. The average molecular weight is 261 g/mol. The molecule has 0 saturated carbocycles. The van der Waals surface area contributed by atoms with Gasteiger partial charge in [0.2, 0.25) is 0 Å². The predicted molar refractivity (Wildman–Crippen MR) is 65.8 cm³/mol. The summed E-state index contributed by atoms with van der Waals surface area (Å²) in [4.78, 5) is 11.3. The molecule has 1 aromatic rings. The summed E-state index contributed by atoms with van der Waals surface area (Å²) in [5.74, 6) is -0.190. The van der Waals surface area contributed by atoms with Crippen LogP contribution in [-0.4, -0.2) is 23.9 Å². The Morgan fingerprint density at radius 1 is 1.56 bits per heavy atom. The molecule has 0 spiro atoms. The van der Waals surface area contributed by atoms with Crippen LogP contribution in [-0.2, 0) is 4.79 Å². The molecule has 0 aliphatic heterocycles. The summed E-state index contributed by atoms with van der Waals surface area (Å²) in [7, 11) is 1.56. The zero-order valence-electron chi connectivity index (χ0n) is 9.33. The number of carboxylic acid groups (broad SMARTS) is 1. The van der Waals surface area contributed by atoms with Crippen LogP contribution >= 0.6 is 23.4 Å². The molecule has 0 atom stereocenters. The molecule has 0 heterocycles. The summed E-state index contributed by atoms with van der Waals surface area (Å²) in [6, 6.07) is 1.82. The topological polar surface area (TPSA) is 46.5 Å². The Morgan fingerprint density at radius 2 is 2.19 bits per heavy atom. The van der Waals surface area contributed by atoms with Crippen molar-refractivity contribution in [2.45, 2.75) is 18.7 Å². The van der Waals surface area contributed by atoms with Crippen molar-refractivity contribution < 1.29 is 14.6 Å². The number of aryl methyl sites for hydroxylation is 1. The van der Waals surface area contributed by atoms with Gasteiger partial charge >= 0.3 is 5.97 Å². The normalized spacial score (nSPS) is 10.2. The van der Waals surface area contributed by atoms with E-state index in [1.807, 2.05) is 19.9 Å². The first kappa shape index (κ1) is 13.2. The van der Waals surface area contributed by atoms with Gasteiger partial charge in [0.25, 0.3) is 0 Å². The maximum absolute atomic E-state index is 10.5. The molecule has 3 nitrogen and oxygen atoms in total. The molecular formula is C11H13ClO3S. The largest absolute Gasteiger partial charge is 0.496 e. The number of methoxy groups -OCH3 is 1. The van der Waals surface area contributed by atoms with E-state index in [2.05, 4.69) is 0 Å². The second-order valence-electron chi connectivity index (χ2n) is 3.35. The highest BCUT2D eigenvalue weighted by Crippen LogP contribution is 2.38. The molecule has 0 fully saturated rings. The van der Waals surface area contributed by atoms with Crippen molar-refractivity contribution in [3.63, 3.8) is 0 Å². The summed E-state index contributed by atoms with van der Waals surface area (Å²) in [6.45, 7) is 3.76. The minimum Gasteiger partial charge on any atom is -0.496 e. The number of aliphatic carboxylic acids is 1. The molecule has 1 rings (SSSR count). The van der Waals surface area contributed by atoms with Crippen molar-refractivity contribution in [2.75, 3.05) is 12.9 Å². The van der Waals surface area contributed by atoms with Crippen molar-refractivity contribution in [1.82, 2.24) is 0 Å². The summed E-state index contributed by atoms with van der Waals surface area (Å²) in [5, 5.41) is 9.32. The van der Waals surface area contributed by atoms with E-state index in [9.17, 15) is 4.79 Å². The summed E-state index contributed by atoms with van der Waals surface area (Å²) < 4.78 is 5.22. The number of carboxylic acids is 1. The fourth-order valence-electron chi connectivity index (χ4n) is 1.37. The summed E-state index contributed by atoms with van der Waals surface area (Å²) >= 11 is 7.33. The second-order valence-corrected chi connectivity index (χ2v) is 4.71. The van der Waals surface area contributed by atoms with Crippen LogP contribution < -0.4 is 4.74 Å². The third kappa shape index (κ3) is 2.83. The van der Waals surface area contributed by atoms with Gasteiger partial charge in [-0.25, -0.2) is 0 Å². The van der Waals surface area contributed by atoms with Crippen molar-refractivity contribution in [3.05, 3.63) is 22.2 Å². The first-order valence-corrected chi connectivity index (χ1v) is 6.02. The SMILES string of the molecule is COc1cc(C)c(Cl)c(C)c1SCC(=O)O. The number of hydrogen-bond donors (Lipinski definition) is 1. The molecule has 0 unspecified atom stereocenters. The van der Waals surface area contributed by atoms with E-state index in [4.69, 9.17) is 21.4 Å². The lowest BCUT2D eigenvalue weighted by molar-refractivity contribution is -0.133. The van der Waals surface area contributed by atoms with Gasteiger partial charge in [-0.3, -0.25) is 4.79 Å². The van der Waals surface area contributed by atoms with Crippen molar-refractivity contribution >= 4 is 29.3 Å². The van der Waals surface area contributed by atoms with Crippen LogP contribution in [0.15, 0.2) is 11.0 Å². The van der Waals surface area contributed by atoms with Crippen molar-refractivity contribution in [1.29, 1.82) is 0 Å². The smallest absolute Gasteiger partial charge is 0.313 e. The highest BCUT2D eigenvalue weighted by molar-refractivity contribution is 8.00. The fraction of sp³-hybridized carbons (Fsp3) is 0.364. The Kier molecular flexibility index (Phi) is 4.50. The molecule has 0 amide bonds. The van der Waals surface area contributed by atoms with Crippen LogP contribution in [0.5, 0.6) is 5.75 Å². The van der Waals surface area contributed by atoms with Gasteiger partial charge in [0.1, 0.15) is 5.75 Å². The monoisotopic (exact) mass is 260 g/mol. The third-order valence-corrected chi connectivity index (χ3v) is 3.92. The number of benzene rings is 1. The maximum Gasteiger partial charge on any atom is 0.313 e. The highest BCUT2D eigenvalue weighted by Gasteiger charge is 2.14. The lowest BCUT2D eigenvalue weighted by Gasteiger charge is -2.13. The lowest BCUT2D eigenvalue weighted by Crippen LogP contribution is -2.00. The number of hydrogen-bond acceptors (Lipinski definition) is 3. The van der Waals surface area contributed by atoms with Crippen molar-refractivity contribution in [2.24, 2.45) is 0 Å². The van der Waals surface area contributed by atoms with Crippen LogP contribution in [0.25, 0.3) is 0 Å². The number of rotatable bonds is 4. The molecular weight excluding hydrogens is 248 g/mol. The van der Waals surface area contributed by atoms with E-state index in [1.165, 1.54) is 11.8 Å². The van der Waals surface area contributed by atoms with E-state index in [0.717, 1.165) is 16.0 Å². The number of ether oxygens (including phenoxy) is 1. The molecule has 5 heteroatoms. The maximum atomic E-state index is 10.5. The van der Waals surface area contributed by atoms with Crippen LogP contribution in [0, 0.1) is 13.8 Å². The molecule has 1 N–H and O–H groups in total. The minimum atomic E-state index is -0.858. The Bertz CT molecular complexity index is 418. The molecule has 0 bridgehead atoms. The molecule has 88 valence electrons. The van der Waals surface area contributed by atoms with Gasteiger partial charge in [-0.05, 0) is 31.0 Å².